The molecule has 152 valence electrons. The lowest BCUT2D eigenvalue weighted by Crippen LogP contribution is -2.36. The molecule has 0 bridgehead atoms. The Morgan fingerprint density at radius 2 is 1.47 bits per heavy atom. The topological polar surface area (TPSA) is 89.6 Å². The lowest BCUT2D eigenvalue weighted by molar-refractivity contribution is -0.160. The monoisotopic (exact) mass is 401 g/mol. The van der Waals surface area contributed by atoms with Gasteiger partial charge in [0.1, 0.15) is 6.61 Å². The summed E-state index contributed by atoms with van der Waals surface area (Å²) in [6.07, 6.45) is 0. The van der Waals surface area contributed by atoms with Gasteiger partial charge < -0.3 is 15.6 Å². The smallest absolute Gasteiger partial charge is 0.322 e. The number of benzene rings is 3. The average molecular weight is 401 g/mol. The molecule has 0 saturated carbocycles. The van der Waals surface area contributed by atoms with Gasteiger partial charge in [-0.15, -0.1) is 0 Å². The first-order valence-corrected chi connectivity index (χ1v) is 9.87. The van der Waals surface area contributed by atoms with Crippen LogP contribution in [-0.4, -0.2) is 23.7 Å². The number of carbonyl (C=O) groups excluding carboxylic acids is 1. The van der Waals surface area contributed by atoms with Crippen LogP contribution in [-0.2, 0) is 14.3 Å². The second-order valence-electron chi connectivity index (χ2n) is 7.56. The van der Waals surface area contributed by atoms with Crippen LogP contribution >= 0.6 is 0 Å². The molecule has 3 aromatic rings. The Balaban J connectivity index is 1.56. The summed E-state index contributed by atoms with van der Waals surface area (Å²) in [5.41, 5.74) is 12.0. The third-order valence-corrected chi connectivity index (χ3v) is 5.78. The summed E-state index contributed by atoms with van der Waals surface area (Å²) in [5, 5.41) is 9.69. The Morgan fingerprint density at radius 1 is 0.933 bits per heavy atom. The molecule has 4 rings (SSSR count). The molecular formula is C25H23NO4. The molecule has 0 heterocycles. The molecule has 0 aromatic heterocycles. The summed E-state index contributed by atoms with van der Waals surface area (Å²) in [4.78, 5) is 24.7. The van der Waals surface area contributed by atoms with Gasteiger partial charge in [0.25, 0.3) is 0 Å². The Bertz CT molecular complexity index is 1060. The van der Waals surface area contributed by atoms with Gasteiger partial charge in [-0.3, -0.25) is 9.59 Å². The number of esters is 1. The van der Waals surface area contributed by atoms with Crippen LogP contribution in [0.2, 0.25) is 0 Å². The van der Waals surface area contributed by atoms with Crippen molar-refractivity contribution in [3.63, 3.8) is 0 Å². The number of rotatable bonds is 6. The van der Waals surface area contributed by atoms with Gasteiger partial charge in [0, 0.05) is 5.92 Å². The number of hydrogen-bond acceptors (Lipinski definition) is 4. The van der Waals surface area contributed by atoms with E-state index in [0.717, 1.165) is 27.8 Å². The van der Waals surface area contributed by atoms with Crippen molar-refractivity contribution in [1.82, 2.24) is 0 Å². The van der Waals surface area contributed by atoms with Crippen LogP contribution in [0.5, 0.6) is 0 Å². The first-order valence-electron chi connectivity index (χ1n) is 9.87. The van der Waals surface area contributed by atoms with E-state index in [0.29, 0.717) is 5.56 Å². The van der Waals surface area contributed by atoms with E-state index in [2.05, 4.69) is 0 Å². The quantitative estimate of drug-likeness (QED) is 0.480. The maximum absolute atomic E-state index is 12.8. The maximum atomic E-state index is 12.8. The Morgan fingerprint density at radius 3 is 2.03 bits per heavy atom. The molecule has 3 aromatic carbocycles. The van der Waals surface area contributed by atoms with Gasteiger partial charge in [-0.1, -0.05) is 72.8 Å². The molecule has 30 heavy (non-hydrogen) atoms. The van der Waals surface area contributed by atoms with Crippen LogP contribution in [0.15, 0.2) is 72.8 Å². The van der Waals surface area contributed by atoms with Crippen molar-refractivity contribution in [3.8, 4) is 11.1 Å². The molecule has 5 heteroatoms. The van der Waals surface area contributed by atoms with Gasteiger partial charge >= 0.3 is 11.9 Å². The summed E-state index contributed by atoms with van der Waals surface area (Å²) in [5.74, 6) is -3.72. The second-order valence-corrected chi connectivity index (χ2v) is 7.56. The summed E-state index contributed by atoms with van der Waals surface area (Å²) in [7, 11) is 0. The molecular weight excluding hydrogens is 378 g/mol. The van der Waals surface area contributed by atoms with Crippen molar-refractivity contribution in [2.75, 3.05) is 6.61 Å². The summed E-state index contributed by atoms with van der Waals surface area (Å²) < 4.78 is 5.55. The van der Waals surface area contributed by atoms with Crippen molar-refractivity contribution in [2.45, 2.75) is 18.9 Å². The third-order valence-electron chi connectivity index (χ3n) is 5.78. The highest BCUT2D eigenvalue weighted by molar-refractivity contribution is 5.95. The molecule has 0 saturated heterocycles. The molecule has 3 N–H and O–H groups in total. The Kier molecular flexibility index (Phi) is 5.38. The van der Waals surface area contributed by atoms with E-state index in [1.807, 2.05) is 67.6 Å². The zero-order chi connectivity index (χ0) is 21.3. The molecule has 2 atom stereocenters. The zero-order valence-corrected chi connectivity index (χ0v) is 16.6. The van der Waals surface area contributed by atoms with Gasteiger partial charge in [0.15, 0.2) is 5.92 Å². The molecule has 0 amide bonds. The fourth-order valence-electron chi connectivity index (χ4n) is 4.24. The number of hydrogen-bond donors (Lipinski definition) is 2. The highest BCUT2D eigenvalue weighted by Gasteiger charge is 2.37. The lowest BCUT2D eigenvalue weighted by Gasteiger charge is -2.22. The van der Waals surface area contributed by atoms with E-state index in [-0.39, 0.29) is 12.5 Å². The van der Waals surface area contributed by atoms with Crippen molar-refractivity contribution < 1.29 is 19.4 Å². The molecule has 1 aliphatic carbocycles. The molecule has 5 nitrogen and oxygen atoms in total. The molecule has 0 spiro atoms. The summed E-state index contributed by atoms with van der Waals surface area (Å²) in [6.45, 7) is 1.91. The second kappa shape index (κ2) is 8.13. The number of carbonyl (C=O) groups is 2. The van der Waals surface area contributed by atoms with E-state index >= 15 is 0 Å². The Hall–Kier alpha value is -3.44. The molecule has 0 aliphatic heterocycles. The third kappa shape index (κ3) is 3.48. The van der Waals surface area contributed by atoms with Crippen LogP contribution in [0.1, 0.15) is 34.2 Å². The average Bonchev–Trinajstić information content (AvgIpc) is 3.06. The predicted octanol–water partition coefficient (Wildman–Crippen LogP) is 4.05. The summed E-state index contributed by atoms with van der Waals surface area (Å²) in [6, 6.07) is 22.2. The number of carboxylic acid groups (broad SMARTS) is 1. The lowest BCUT2D eigenvalue weighted by atomic mass is 9.91. The summed E-state index contributed by atoms with van der Waals surface area (Å²) >= 11 is 0. The van der Waals surface area contributed by atoms with Gasteiger partial charge in [0.05, 0.1) is 6.04 Å². The minimum Gasteiger partial charge on any atom is -0.481 e. The van der Waals surface area contributed by atoms with Gasteiger partial charge in [0.2, 0.25) is 0 Å². The number of aryl methyl sites for hydroxylation is 1. The molecule has 1 aliphatic rings. The minimum absolute atomic E-state index is 0.0666. The standard InChI is InChI=1S/C25H23NO4/c1-15-8-2-3-9-16(15)23(26)22(24(27)28)25(29)30-14-21-19-12-6-4-10-17(19)18-11-5-7-13-20(18)21/h2-13,21-23H,14,26H2,1H3,(H,27,28)/t22-,23?/m0/s1. The fraction of sp³-hybridized carbons (Fsp3) is 0.200. The minimum atomic E-state index is -1.47. The van der Waals surface area contributed by atoms with Gasteiger partial charge in [-0.2, -0.15) is 0 Å². The first-order chi connectivity index (χ1) is 14.5. The van der Waals surface area contributed by atoms with E-state index in [1.165, 1.54) is 0 Å². The zero-order valence-electron chi connectivity index (χ0n) is 16.6. The number of ether oxygens (including phenoxy) is 1. The highest BCUT2D eigenvalue weighted by atomic mass is 16.5. The van der Waals surface area contributed by atoms with Gasteiger partial charge in [-0.05, 0) is 40.3 Å². The van der Waals surface area contributed by atoms with Crippen LogP contribution in [0, 0.1) is 12.8 Å². The van der Waals surface area contributed by atoms with Crippen LogP contribution in [0.4, 0.5) is 0 Å². The number of nitrogens with two attached hydrogens (primary N) is 1. The largest absolute Gasteiger partial charge is 0.481 e. The van der Waals surface area contributed by atoms with E-state index < -0.39 is 23.9 Å². The highest BCUT2D eigenvalue weighted by Crippen LogP contribution is 2.44. The Labute approximate surface area is 175 Å². The normalized spacial score (nSPS) is 14.5. The van der Waals surface area contributed by atoms with Crippen LogP contribution < -0.4 is 5.73 Å². The number of carboxylic acids is 1. The van der Waals surface area contributed by atoms with E-state index in [9.17, 15) is 14.7 Å². The first kappa shape index (κ1) is 19.9. The maximum Gasteiger partial charge on any atom is 0.322 e. The van der Waals surface area contributed by atoms with Crippen LogP contribution in [0.25, 0.3) is 11.1 Å². The number of fused-ring (bicyclic) bond motifs is 3. The van der Waals surface area contributed by atoms with Crippen molar-refractivity contribution in [1.29, 1.82) is 0 Å². The molecule has 0 fully saturated rings. The molecule has 0 radical (unpaired) electrons. The van der Waals surface area contributed by atoms with E-state index in [4.69, 9.17) is 10.5 Å². The SMILES string of the molecule is Cc1ccccc1C(N)[C@@H](C(=O)O)C(=O)OCC1c2ccccc2-c2ccccc21. The van der Waals surface area contributed by atoms with Gasteiger partial charge in [-0.25, -0.2) is 0 Å². The fourth-order valence-corrected chi connectivity index (χ4v) is 4.24. The van der Waals surface area contributed by atoms with Crippen molar-refractivity contribution in [2.24, 2.45) is 11.7 Å². The van der Waals surface area contributed by atoms with E-state index in [1.54, 1.807) is 12.1 Å². The predicted molar refractivity (Wildman–Crippen MR) is 114 cm³/mol. The number of aliphatic carboxylic acids is 1. The van der Waals surface area contributed by atoms with Crippen molar-refractivity contribution >= 4 is 11.9 Å². The van der Waals surface area contributed by atoms with Crippen molar-refractivity contribution in [3.05, 3.63) is 95.1 Å². The molecule has 1 unspecified atom stereocenters. The van der Waals surface area contributed by atoms with Crippen LogP contribution in [0.3, 0.4) is 0 Å².